The largest absolute Gasteiger partial charge is 0.366 e. The standard InChI is InChI=1S/C9H9N5O/c10-8-11-6-14(13-8)9(15)12-7-4-2-1-3-5-7/h1-6H,(H2,10,13)(H,12,15). The number of para-hydroxylation sites is 1. The summed E-state index contributed by atoms with van der Waals surface area (Å²) in [5.74, 6) is 0.0678. The van der Waals surface area contributed by atoms with E-state index in [0.717, 1.165) is 4.68 Å². The van der Waals surface area contributed by atoms with E-state index in [1.165, 1.54) is 6.33 Å². The fourth-order valence-electron chi connectivity index (χ4n) is 1.08. The molecule has 1 heterocycles. The molecule has 0 fully saturated rings. The maximum atomic E-state index is 11.5. The van der Waals surface area contributed by atoms with Gasteiger partial charge in [0.15, 0.2) is 0 Å². The van der Waals surface area contributed by atoms with Crippen LogP contribution in [0, 0.1) is 0 Å². The van der Waals surface area contributed by atoms with Gasteiger partial charge in [0.05, 0.1) is 0 Å². The van der Waals surface area contributed by atoms with Crippen LogP contribution in [0.25, 0.3) is 0 Å². The van der Waals surface area contributed by atoms with Gasteiger partial charge in [0.25, 0.3) is 0 Å². The second kappa shape index (κ2) is 3.79. The summed E-state index contributed by atoms with van der Waals surface area (Å²) in [6.45, 7) is 0. The molecule has 0 saturated carbocycles. The third-order valence-electron chi connectivity index (χ3n) is 1.74. The van der Waals surface area contributed by atoms with Crippen molar-refractivity contribution in [1.29, 1.82) is 0 Å². The van der Waals surface area contributed by atoms with E-state index in [-0.39, 0.29) is 5.95 Å². The molecule has 2 rings (SSSR count). The van der Waals surface area contributed by atoms with Crippen molar-refractivity contribution in [3.63, 3.8) is 0 Å². The molecular weight excluding hydrogens is 194 g/mol. The van der Waals surface area contributed by atoms with Gasteiger partial charge in [-0.2, -0.15) is 4.68 Å². The van der Waals surface area contributed by atoms with Gasteiger partial charge in [-0.25, -0.2) is 9.78 Å². The van der Waals surface area contributed by atoms with Crippen molar-refractivity contribution < 1.29 is 4.79 Å². The average molecular weight is 203 g/mol. The molecule has 0 atom stereocenters. The molecule has 1 amide bonds. The number of nitrogens with one attached hydrogen (secondary N) is 1. The molecule has 1 aromatic heterocycles. The van der Waals surface area contributed by atoms with Crippen molar-refractivity contribution in [3.8, 4) is 0 Å². The van der Waals surface area contributed by atoms with Crippen LogP contribution in [-0.2, 0) is 0 Å². The van der Waals surface area contributed by atoms with Crippen LogP contribution in [0.15, 0.2) is 36.7 Å². The normalized spacial score (nSPS) is 9.87. The lowest BCUT2D eigenvalue weighted by molar-refractivity contribution is 0.251. The molecule has 0 bridgehead atoms. The molecule has 15 heavy (non-hydrogen) atoms. The lowest BCUT2D eigenvalue weighted by atomic mass is 10.3. The van der Waals surface area contributed by atoms with Gasteiger partial charge in [0.1, 0.15) is 6.33 Å². The molecule has 0 aliphatic carbocycles. The van der Waals surface area contributed by atoms with Crippen LogP contribution in [0.5, 0.6) is 0 Å². The number of carbonyl (C=O) groups is 1. The van der Waals surface area contributed by atoms with Gasteiger partial charge in [-0.15, -0.1) is 5.10 Å². The Labute approximate surface area is 85.7 Å². The Morgan fingerprint density at radius 1 is 1.33 bits per heavy atom. The van der Waals surface area contributed by atoms with Crippen molar-refractivity contribution in [2.75, 3.05) is 11.1 Å². The number of nitrogens with zero attached hydrogens (tertiary/aromatic N) is 3. The summed E-state index contributed by atoms with van der Waals surface area (Å²) in [4.78, 5) is 15.2. The highest BCUT2D eigenvalue weighted by atomic mass is 16.2. The quantitative estimate of drug-likeness (QED) is 0.722. The van der Waals surface area contributed by atoms with Gasteiger partial charge in [0.2, 0.25) is 5.95 Å². The summed E-state index contributed by atoms with van der Waals surface area (Å²) in [5, 5.41) is 6.32. The Morgan fingerprint density at radius 2 is 2.07 bits per heavy atom. The number of rotatable bonds is 1. The van der Waals surface area contributed by atoms with Gasteiger partial charge in [-0.1, -0.05) is 18.2 Å². The van der Waals surface area contributed by atoms with Crippen molar-refractivity contribution in [2.24, 2.45) is 0 Å². The van der Waals surface area contributed by atoms with Crippen LogP contribution in [0.2, 0.25) is 0 Å². The first-order chi connectivity index (χ1) is 7.25. The van der Waals surface area contributed by atoms with Gasteiger partial charge in [-0.05, 0) is 12.1 Å². The molecule has 0 spiro atoms. The minimum absolute atomic E-state index is 0.0678. The average Bonchev–Trinajstić information content (AvgIpc) is 2.66. The Balaban J connectivity index is 2.11. The highest BCUT2D eigenvalue weighted by Crippen LogP contribution is 2.05. The molecule has 2 aromatic rings. The molecule has 1 aromatic carbocycles. The second-order valence-electron chi connectivity index (χ2n) is 2.84. The van der Waals surface area contributed by atoms with Crippen LogP contribution in [-0.4, -0.2) is 20.8 Å². The number of carbonyl (C=O) groups excluding carboxylic acids is 1. The summed E-state index contributed by atoms with van der Waals surface area (Å²) in [6, 6.07) is 8.67. The summed E-state index contributed by atoms with van der Waals surface area (Å²) >= 11 is 0. The van der Waals surface area contributed by atoms with Gasteiger partial charge < -0.3 is 11.1 Å². The zero-order valence-electron chi connectivity index (χ0n) is 7.79. The topological polar surface area (TPSA) is 85.8 Å². The molecule has 0 radical (unpaired) electrons. The summed E-state index contributed by atoms with van der Waals surface area (Å²) in [5.41, 5.74) is 5.98. The highest BCUT2D eigenvalue weighted by molar-refractivity contribution is 5.90. The minimum Gasteiger partial charge on any atom is -0.366 e. The summed E-state index contributed by atoms with van der Waals surface area (Å²) in [6.07, 6.45) is 1.26. The maximum absolute atomic E-state index is 11.5. The highest BCUT2D eigenvalue weighted by Gasteiger charge is 2.06. The van der Waals surface area contributed by atoms with Crippen LogP contribution in [0.4, 0.5) is 16.4 Å². The molecule has 76 valence electrons. The number of aromatic nitrogens is 3. The summed E-state index contributed by atoms with van der Waals surface area (Å²) < 4.78 is 1.04. The van der Waals surface area contributed by atoms with Gasteiger partial charge in [0, 0.05) is 5.69 Å². The Kier molecular flexibility index (Phi) is 2.32. The fraction of sp³-hybridized carbons (Fsp3) is 0. The fourth-order valence-corrected chi connectivity index (χ4v) is 1.08. The van der Waals surface area contributed by atoms with Crippen molar-refractivity contribution in [1.82, 2.24) is 14.8 Å². The number of benzene rings is 1. The van der Waals surface area contributed by atoms with Crippen molar-refractivity contribution >= 4 is 17.7 Å². The molecule has 6 heteroatoms. The number of nitrogens with two attached hydrogens (primary N) is 1. The van der Waals surface area contributed by atoms with Crippen LogP contribution >= 0.6 is 0 Å². The van der Waals surface area contributed by atoms with Crippen LogP contribution in [0.1, 0.15) is 0 Å². The monoisotopic (exact) mass is 203 g/mol. The third-order valence-corrected chi connectivity index (χ3v) is 1.74. The minimum atomic E-state index is -0.398. The molecular formula is C9H9N5O. The lowest BCUT2D eigenvalue weighted by Gasteiger charge is -2.02. The van der Waals surface area contributed by atoms with E-state index in [2.05, 4.69) is 15.4 Å². The Bertz CT molecular complexity index is 464. The maximum Gasteiger partial charge on any atom is 0.348 e. The first-order valence-corrected chi connectivity index (χ1v) is 4.29. The SMILES string of the molecule is Nc1ncn(C(=O)Nc2ccccc2)n1. The van der Waals surface area contributed by atoms with E-state index >= 15 is 0 Å². The first-order valence-electron chi connectivity index (χ1n) is 4.29. The number of hydrogen-bond donors (Lipinski definition) is 2. The number of nitrogen functional groups attached to an aromatic ring is 1. The molecule has 3 N–H and O–H groups in total. The van der Waals surface area contributed by atoms with Crippen molar-refractivity contribution in [2.45, 2.75) is 0 Å². The smallest absolute Gasteiger partial charge is 0.348 e. The zero-order chi connectivity index (χ0) is 10.7. The predicted molar refractivity (Wildman–Crippen MR) is 55.3 cm³/mol. The van der Waals surface area contributed by atoms with E-state index in [1.807, 2.05) is 18.2 Å². The Hall–Kier alpha value is -2.37. The number of amides is 1. The van der Waals surface area contributed by atoms with E-state index < -0.39 is 6.03 Å². The molecule has 6 nitrogen and oxygen atoms in total. The number of anilines is 2. The lowest BCUT2D eigenvalue weighted by Crippen LogP contribution is -2.19. The zero-order valence-corrected chi connectivity index (χ0v) is 7.79. The second-order valence-corrected chi connectivity index (χ2v) is 2.84. The van der Waals surface area contributed by atoms with E-state index in [9.17, 15) is 4.79 Å². The van der Waals surface area contributed by atoms with E-state index in [4.69, 9.17) is 5.73 Å². The van der Waals surface area contributed by atoms with E-state index in [0.29, 0.717) is 5.69 Å². The molecule has 0 aliphatic rings. The van der Waals surface area contributed by atoms with Crippen LogP contribution < -0.4 is 11.1 Å². The third kappa shape index (κ3) is 2.11. The van der Waals surface area contributed by atoms with Crippen molar-refractivity contribution in [3.05, 3.63) is 36.7 Å². The van der Waals surface area contributed by atoms with Gasteiger partial charge in [-0.3, -0.25) is 0 Å². The first kappa shape index (κ1) is 9.20. The molecule has 0 saturated heterocycles. The molecule has 0 unspecified atom stereocenters. The molecule has 0 aliphatic heterocycles. The Morgan fingerprint density at radius 3 is 2.67 bits per heavy atom. The summed E-state index contributed by atoms with van der Waals surface area (Å²) in [7, 11) is 0. The number of hydrogen-bond acceptors (Lipinski definition) is 4. The van der Waals surface area contributed by atoms with E-state index in [1.54, 1.807) is 12.1 Å². The van der Waals surface area contributed by atoms with Gasteiger partial charge >= 0.3 is 6.03 Å². The van der Waals surface area contributed by atoms with Crippen LogP contribution in [0.3, 0.4) is 0 Å². The predicted octanol–water partition coefficient (Wildman–Crippen LogP) is 0.941.